The fraction of sp³-hybridized carbons (Fsp3) is 0.267. The van der Waals surface area contributed by atoms with E-state index >= 15 is 0 Å². The lowest BCUT2D eigenvalue weighted by molar-refractivity contribution is 0.171. The van der Waals surface area contributed by atoms with Crippen molar-refractivity contribution in [2.24, 2.45) is 0 Å². The minimum Gasteiger partial charge on any atom is -0.486 e. The molecule has 116 valence electrons. The molecular formula is C15H16N2O4S. The van der Waals surface area contributed by atoms with Crippen LogP contribution in [0.5, 0.6) is 11.5 Å². The molecule has 2 aromatic rings. The Bertz CT molecular complexity index is 773. The Morgan fingerprint density at radius 3 is 2.59 bits per heavy atom. The summed E-state index contributed by atoms with van der Waals surface area (Å²) in [7, 11) is -3.27. The lowest BCUT2D eigenvalue weighted by atomic mass is 10.2. The lowest BCUT2D eigenvalue weighted by Gasteiger charge is -2.19. The molecule has 1 aromatic heterocycles. The average Bonchev–Trinajstić information content (AvgIpc) is 2.52. The predicted octanol–water partition coefficient (Wildman–Crippen LogP) is 1.87. The Morgan fingerprint density at radius 1 is 1.14 bits per heavy atom. The van der Waals surface area contributed by atoms with Crippen LogP contribution in [0.4, 0.5) is 5.69 Å². The van der Waals surface area contributed by atoms with Gasteiger partial charge in [-0.15, -0.1) is 0 Å². The van der Waals surface area contributed by atoms with Crippen molar-refractivity contribution >= 4 is 15.5 Å². The van der Waals surface area contributed by atoms with Gasteiger partial charge < -0.3 is 14.8 Å². The van der Waals surface area contributed by atoms with Crippen LogP contribution in [0.25, 0.3) is 0 Å². The molecule has 1 aliphatic rings. The summed E-state index contributed by atoms with van der Waals surface area (Å²) in [5.74, 6) is 1.50. The van der Waals surface area contributed by atoms with E-state index in [2.05, 4.69) is 10.3 Å². The monoisotopic (exact) mass is 320 g/mol. The van der Waals surface area contributed by atoms with Crippen molar-refractivity contribution in [3.63, 3.8) is 0 Å². The molecule has 1 aromatic carbocycles. The van der Waals surface area contributed by atoms with Gasteiger partial charge in [-0.1, -0.05) is 6.07 Å². The second-order valence-corrected chi connectivity index (χ2v) is 6.95. The number of anilines is 1. The summed E-state index contributed by atoms with van der Waals surface area (Å²) in [6, 6.07) is 8.96. The number of benzene rings is 1. The zero-order valence-corrected chi connectivity index (χ0v) is 12.9. The van der Waals surface area contributed by atoms with Gasteiger partial charge in [0, 0.05) is 12.8 Å². The molecule has 0 aliphatic carbocycles. The number of rotatable bonds is 4. The smallest absolute Gasteiger partial charge is 0.192 e. The highest BCUT2D eigenvalue weighted by Gasteiger charge is 2.12. The Balaban J connectivity index is 1.67. The zero-order valence-electron chi connectivity index (χ0n) is 12.1. The number of aromatic nitrogens is 1. The summed E-state index contributed by atoms with van der Waals surface area (Å²) in [6.45, 7) is 1.71. The quantitative estimate of drug-likeness (QED) is 0.926. The Hall–Kier alpha value is -2.28. The van der Waals surface area contributed by atoms with Gasteiger partial charge in [0.2, 0.25) is 0 Å². The Kier molecular flexibility index (Phi) is 3.89. The maximum Gasteiger partial charge on any atom is 0.192 e. The first-order valence-corrected chi connectivity index (χ1v) is 8.70. The highest BCUT2D eigenvalue weighted by atomic mass is 32.2. The summed E-state index contributed by atoms with van der Waals surface area (Å²) in [5, 5.41) is 3.26. The molecule has 0 fully saturated rings. The molecule has 6 nitrogen and oxygen atoms in total. The van der Waals surface area contributed by atoms with Crippen molar-refractivity contribution in [3.8, 4) is 11.5 Å². The van der Waals surface area contributed by atoms with Gasteiger partial charge in [-0.05, 0) is 29.8 Å². The maximum absolute atomic E-state index is 11.4. The van der Waals surface area contributed by atoms with Gasteiger partial charge in [0.15, 0.2) is 26.4 Å². The van der Waals surface area contributed by atoms with E-state index in [1.807, 2.05) is 18.2 Å². The van der Waals surface area contributed by atoms with Crippen molar-refractivity contribution in [3.05, 3.63) is 42.1 Å². The molecule has 0 spiro atoms. The predicted molar refractivity (Wildman–Crippen MR) is 82.1 cm³/mol. The van der Waals surface area contributed by atoms with Crippen molar-refractivity contribution in [2.45, 2.75) is 11.6 Å². The second-order valence-electron chi connectivity index (χ2n) is 4.99. The maximum atomic E-state index is 11.4. The normalized spacial score (nSPS) is 13.7. The number of pyridine rings is 1. The van der Waals surface area contributed by atoms with E-state index in [4.69, 9.17) is 9.47 Å². The summed E-state index contributed by atoms with van der Waals surface area (Å²) >= 11 is 0. The van der Waals surface area contributed by atoms with Gasteiger partial charge in [-0.25, -0.2) is 13.4 Å². The van der Waals surface area contributed by atoms with Crippen LogP contribution in [0.15, 0.2) is 41.6 Å². The molecule has 0 atom stereocenters. The Morgan fingerprint density at radius 2 is 1.91 bits per heavy atom. The molecule has 0 radical (unpaired) electrons. The first kappa shape index (κ1) is 14.6. The minimum atomic E-state index is -3.27. The van der Waals surface area contributed by atoms with E-state index in [1.165, 1.54) is 12.3 Å². The molecule has 1 N–H and O–H groups in total. The van der Waals surface area contributed by atoms with Crippen LogP contribution < -0.4 is 14.8 Å². The molecule has 22 heavy (non-hydrogen) atoms. The van der Waals surface area contributed by atoms with E-state index < -0.39 is 9.84 Å². The van der Waals surface area contributed by atoms with Crippen LogP contribution in [-0.2, 0) is 16.4 Å². The van der Waals surface area contributed by atoms with Gasteiger partial charge in [0.05, 0.1) is 11.9 Å². The number of nitrogens with zero attached hydrogens (tertiary/aromatic N) is 1. The average molecular weight is 320 g/mol. The zero-order chi connectivity index (χ0) is 15.6. The van der Waals surface area contributed by atoms with Crippen LogP contribution in [0.3, 0.4) is 0 Å². The first-order valence-electron chi connectivity index (χ1n) is 6.81. The van der Waals surface area contributed by atoms with E-state index in [-0.39, 0.29) is 5.03 Å². The largest absolute Gasteiger partial charge is 0.486 e. The van der Waals surface area contributed by atoms with Crippen LogP contribution in [0.2, 0.25) is 0 Å². The SMILES string of the molecule is CS(=O)(=O)c1ccc(NCc2ccc3c(c2)OCCO3)cn1. The number of sulfone groups is 1. The van der Waals surface area contributed by atoms with Crippen LogP contribution in [0.1, 0.15) is 5.56 Å². The standard InChI is InChI=1S/C15H16N2O4S/c1-22(18,19)15-5-3-12(10-17-15)16-9-11-2-4-13-14(8-11)21-7-6-20-13/h2-5,8,10,16H,6-7,9H2,1H3. The number of fused-ring (bicyclic) bond motifs is 1. The molecule has 3 rings (SSSR count). The van der Waals surface area contributed by atoms with Gasteiger partial charge in [0.1, 0.15) is 13.2 Å². The first-order chi connectivity index (χ1) is 10.5. The second kappa shape index (κ2) is 5.84. The van der Waals surface area contributed by atoms with Crippen LogP contribution >= 0.6 is 0 Å². The molecule has 7 heteroatoms. The molecular weight excluding hydrogens is 304 g/mol. The molecule has 0 unspecified atom stereocenters. The molecule has 2 heterocycles. The third-order valence-corrected chi connectivity index (χ3v) is 4.22. The van der Waals surface area contributed by atoms with Gasteiger partial charge in [-0.2, -0.15) is 0 Å². The highest BCUT2D eigenvalue weighted by molar-refractivity contribution is 7.90. The summed E-state index contributed by atoms with van der Waals surface area (Å²) < 4.78 is 33.7. The lowest BCUT2D eigenvalue weighted by Crippen LogP contribution is -2.15. The van der Waals surface area contributed by atoms with Crippen molar-refractivity contribution in [2.75, 3.05) is 24.8 Å². The summed E-state index contributed by atoms with van der Waals surface area (Å²) in [6.07, 6.45) is 2.64. The van der Waals surface area contributed by atoms with Crippen molar-refractivity contribution < 1.29 is 17.9 Å². The van der Waals surface area contributed by atoms with E-state index in [1.54, 1.807) is 6.07 Å². The fourth-order valence-corrected chi connectivity index (χ4v) is 2.67. The summed E-state index contributed by atoms with van der Waals surface area (Å²) in [5.41, 5.74) is 1.79. The number of hydrogen-bond donors (Lipinski definition) is 1. The molecule has 1 aliphatic heterocycles. The number of hydrogen-bond acceptors (Lipinski definition) is 6. The fourth-order valence-electron chi connectivity index (χ4n) is 2.11. The van der Waals surface area contributed by atoms with Gasteiger partial charge >= 0.3 is 0 Å². The molecule has 0 saturated heterocycles. The van der Waals surface area contributed by atoms with Crippen molar-refractivity contribution in [1.82, 2.24) is 4.98 Å². The molecule has 0 bridgehead atoms. The minimum absolute atomic E-state index is 0.0670. The van der Waals surface area contributed by atoms with Crippen LogP contribution in [-0.4, -0.2) is 32.9 Å². The van der Waals surface area contributed by atoms with Crippen molar-refractivity contribution in [1.29, 1.82) is 0 Å². The van der Waals surface area contributed by atoms with E-state index in [9.17, 15) is 8.42 Å². The molecule has 0 saturated carbocycles. The number of ether oxygens (including phenoxy) is 2. The topological polar surface area (TPSA) is 77.5 Å². The highest BCUT2D eigenvalue weighted by Crippen LogP contribution is 2.30. The van der Waals surface area contributed by atoms with Gasteiger partial charge in [0.25, 0.3) is 0 Å². The van der Waals surface area contributed by atoms with Gasteiger partial charge in [-0.3, -0.25) is 0 Å². The van der Waals surface area contributed by atoms with Crippen LogP contribution in [0, 0.1) is 0 Å². The summed E-state index contributed by atoms with van der Waals surface area (Å²) in [4.78, 5) is 3.94. The van der Waals surface area contributed by atoms with E-state index in [0.29, 0.717) is 19.8 Å². The number of nitrogens with one attached hydrogen (secondary N) is 1. The third kappa shape index (κ3) is 3.30. The molecule has 0 amide bonds. The third-order valence-electron chi connectivity index (χ3n) is 3.22. The Labute approximate surface area is 129 Å². The van der Waals surface area contributed by atoms with E-state index in [0.717, 1.165) is 29.0 Å².